The van der Waals surface area contributed by atoms with Gasteiger partial charge in [0.2, 0.25) is 5.91 Å². The summed E-state index contributed by atoms with van der Waals surface area (Å²) in [5.74, 6) is -0.166. The van der Waals surface area contributed by atoms with E-state index in [2.05, 4.69) is 28.0 Å². The third kappa shape index (κ3) is 5.74. The highest BCUT2D eigenvalue weighted by Crippen LogP contribution is 2.34. The van der Waals surface area contributed by atoms with Crippen LogP contribution in [0.3, 0.4) is 0 Å². The van der Waals surface area contributed by atoms with Gasteiger partial charge in [0, 0.05) is 38.1 Å². The molecule has 0 bridgehead atoms. The predicted octanol–water partition coefficient (Wildman–Crippen LogP) is 2.56. The summed E-state index contributed by atoms with van der Waals surface area (Å²) in [6, 6.07) is 6.05. The Balaban J connectivity index is 0.00000181. The average molecular weight is 485 g/mol. The molecule has 8 nitrogen and oxygen atoms in total. The molecule has 1 fully saturated rings. The lowest BCUT2D eigenvalue weighted by molar-refractivity contribution is -0.156. The first kappa shape index (κ1) is 26.0. The van der Waals surface area contributed by atoms with E-state index < -0.39 is 11.4 Å². The fourth-order valence-electron chi connectivity index (χ4n) is 4.25. The summed E-state index contributed by atoms with van der Waals surface area (Å²) in [6.45, 7) is 2.86. The van der Waals surface area contributed by atoms with Crippen molar-refractivity contribution in [2.24, 2.45) is 5.41 Å². The van der Waals surface area contributed by atoms with Crippen LogP contribution in [0.4, 0.5) is 0 Å². The van der Waals surface area contributed by atoms with Crippen molar-refractivity contribution in [2.75, 3.05) is 33.3 Å². The van der Waals surface area contributed by atoms with E-state index >= 15 is 0 Å². The molecule has 2 aromatic rings. The molecule has 176 valence electrons. The fourth-order valence-corrected chi connectivity index (χ4v) is 4.25. The number of piperidine rings is 1. The molecular weight excluding hydrogens is 455 g/mol. The van der Waals surface area contributed by atoms with Gasteiger partial charge in [0.15, 0.2) is 0 Å². The highest BCUT2D eigenvalue weighted by atomic mass is 35.5. The Bertz CT molecular complexity index is 915. The summed E-state index contributed by atoms with van der Waals surface area (Å²) in [4.78, 5) is 35.4. The van der Waals surface area contributed by atoms with Gasteiger partial charge >= 0.3 is 5.97 Å². The number of H-pyrrole nitrogens is 1. The number of nitrogens with one attached hydrogen (secondary N) is 1. The van der Waals surface area contributed by atoms with Gasteiger partial charge in [-0.25, -0.2) is 4.98 Å². The number of nitrogens with zero attached hydrogens (tertiary/aromatic N) is 3. The van der Waals surface area contributed by atoms with Crippen LogP contribution in [-0.4, -0.2) is 70.0 Å². The molecule has 1 amide bonds. The molecule has 1 aromatic heterocycles. The molecule has 2 N–H and O–H groups in total. The van der Waals surface area contributed by atoms with Gasteiger partial charge in [-0.15, -0.1) is 24.8 Å². The molecule has 0 atom stereocenters. The van der Waals surface area contributed by atoms with Crippen LogP contribution in [-0.2, 0) is 29.0 Å². The number of fused-ring (bicyclic) bond motifs is 1. The fraction of sp³-hybridized carbons (Fsp3) is 0.500. The maximum Gasteiger partial charge on any atom is 0.313 e. The molecule has 2 aliphatic heterocycles. The minimum Gasteiger partial charge on any atom is -0.492 e. The number of imidazole rings is 1. The smallest absolute Gasteiger partial charge is 0.313 e. The Morgan fingerprint density at radius 1 is 1.19 bits per heavy atom. The molecule has 0 saturated carbocycles. The number of aromatic nitrogens is 2. The summed E-state index contributed by atoms with van der Waals surface area (Å²) < 4.78 is 5.98. The Kier molecular flexibility index (Phi) is 8.95. The van der Waals surface area contributed by atoms with E-state index in [1.165, 1.54) is 11.1 Å². The minimum atomic E-state index is -0.975. The second kappa shape index (κ2) is 11.0. The summed E-state index contributed by atoms with van der Waals surface area (Å²) in [5.41, 5.74) is 2.36. The number of carbonyl (C=O) groups is 2. The second-order valence-corrected chi connectivity index (χ2v) is 8.43. The molecule has 1 aromatic carbocycles. The van der Waals surface area contributed by atoms with Gasteiger partial charge in [-0.05, 0) is 49.6 Å². The maximum absolute atomic E-state index is 12.5. The number of ether oxygens (including phenoxy) is 1. The van der Waals surface area contributed by atoms with Crippen LogP contribution in [0.25, 0.3) is 0 Å². The van der Waals surface area contributed by atoms with Crippen molar-refractivity contribution >= 4 is 36.7 Å². The molecule has 3 heterocycles. The topological polar surface area (TPSA) is 98.8 Å². The van der Waals surface area contributed by atoms with Crippen molar-refractivity contribution in [1.82, 2.24) is 19.8 Å². The third-order valence-corrected chi connectivity index (χ3v) is 6.32. The largest absolute Gasteiger partial charge is 0.492 e. The minimum absolute atomic E-state index is 0. The highest BCUT2D eigenvalue weighted by molar-refractivity contribution is 5.85. The zero-order valence-corrected chi connectivity index (χ0v) is 19.7. The van der Waals surface area contributed by atoms with Crippen LogP contribution in [0.15, 0.2) is 30.7 Å². The molecule has 1 saturated heterocycles. The van der Waals surface area contributed by atoms with E-state index in [-0.39, 0.29) is 43.7 Å². The molecule has 0 aliphatic carbocycles. The number of carboxylic acid groups (broad SMARTS) is 1. The summed E-state index contributed by atoms with van der Waals surface area (Å²) >= 11 is 0. The number of aromatic amines is 1. The molecule has 4 rings (SSSR count). The van der Waals surface area contributed by atoms with Gasteiger partial charge in [-0.3, -0.25) is 9.59 Å². The number of hydrogen-bond donors (Lipinski definition) is 2. The van der Waals surface area contributed by atoms with Gasteiger partial charge in [0.05, 0.1) is 12.7 Å². The molecule has 10 heteroatoms. The number of likely N-dealkylation sites (N-methyl/N-ethyl adjacent to an activating group) is 1. The SMILES string of the molecule is CN1CCc2ccc(OCC3(C(=O)O)CCN(C(=O)Cc4cnc[nH]4)CC3)cc2C1.Cl.Cl. The number of carbonyl (C=O) groups excluding carboxylic acids is 1. The van der Waals surface area contributed by atoms with E-state index in [0.29, 0.717) is 31.7 Å². The van der Waals surface area contributed by atoms with Crippen LogP contribution in [0.1, 0.15) is 29.7 Å². The average Bonchev–Trinajstić information content (AvgIpc) is 3.25. The number of amides is 1. The number of halogens is 2. The van der Waals surface area contributed by atoms with E-state index in [0.717, 1.165) is 25.2 Å². The number of aliphatic carboxylic acids is 1. The van der Waals surface area contributed by atoms with Crippen molar-refractivity contribution in [3.05, 3.63) is 47.5 Å². The Labute approximate surface area is 200 Å². The predicted molar refractivity (Wildman–Crippen MR) is 125 cm³/mol. The van der Waals surface area contributed by atoms with Crippen LogP contribution in [0, 0.1) is 5.41 Å². The van der Waals surface area contributed by atoms with Crippen LogP contribution < -0.4 is 4.74 Å². The van der Waals surface area contributed by atoms with Crippen LogP contribution in [0.5, 0.6) is 5.75 Å². The Morgan fingerprint density at radius 2 is 1.94 bits per heavy atom. The van der Waals surface area contributed by atoms with Gasteiger partial charge in [0.1, 0.15) is 17.8 Å². The number of hydrogen-bond acceptors (Lipinski definition) is 5. The lowest BCUT2D eigenvalue weighted by Gasteiger charge is -2.38. The first-order valence-electron chi connectivity index (χ1n) is 10.4. The van der Waals surface area contributed by atoms with E-state index in [9.17, 15) is 14.7 Å². The molecule has 0 unspecified atom stereocenters. The second-order valence-electron chi connectivity index (χ2n) is 8.43. The summed E-state index contributed by atoms with van der Waals surface area (Å²) in [6.07, 6.45) is 5.21. The van der Waals surface area contributed by atoms with Crippen LogP contribution >= 0.6 is 24.8 Å². The third-order valence-electron chi connectivity index (χ3n) is 6.32. The number of benzene rings is 1. The summed E-state index contributed by atoms with van der Waals surface area (Å²) in [7, 11) is 2.09. The molecule has 0 radical (unpaired) electrons. The van der Waals surface area contributed by atoms with E-state index in [1.54, 1.807) is 17.4 Å². The standard InChI is InChI=1S/C22H28N4O4.2ClH/c1-25-7-4-16-2-3-19(10-17(16)13-25)30-14-22(21(28)29)5-8-26(9-6-22)20(27)11-18-12-23-15-24-18;;/h2-3,10,12,15H,4-9,11,13-14H2,1H3,(H,23,24)(H,28,29);2*1H. The van der Waals surface area contributed by atoms with Gasteiger partial charge in [-0.2, -0.15) is 0 Å². The van der Waals surface area contributed by atoms with Crippen molar-refractivity contribution in [3.63, 3.8) is 0 Å². The van der Waals surface area contributed by atoms with Gasteiger partial charge < -0.3 is 24.6 Å². The lowest BCUT2D eigenvalue weighted by Crippen LogP contribution is -2.49. The number of rotatable bonds is 6. The zero-order chi connectivity index (χ0) is 21.1. The monoisotopic (exact) mass is 484 g/mol. The van der Waals surface area contributed by atoms with Crippen molar-refractivity contribution in [3.8, 4) is 5.75 Å². The number of likely N-dealkylation sites (tertiary alicyclic amines) is 1. The van der Waals surface area contributed by atoms with Crippen LogP contribution in [0.2, 0.25) is 0 Å². The Morgan fingerprint density at radius 3 is 2.59 bits per heavy atom. The lowest BCUT2D eigenvalue weighted by atomic mass is 9.79. The molecular formula is C22H30Cl2N4O4. The molecule has 0 spiro atoms. The molecule has 32 heavy (non-hydrogen) atoms. The summed E-state index contributed by atoms with van der Waals surface area (Å²) in [5, 5.41) is 9.92. The van der Waals surface area contributed by atoms with Gasteiger partial charge in [0.25, 0.3) is 0 Å². The zero-order valence-electron chi connectivity index (χ0n) is 18.1. The quantitative estimate of drug-likeness (QED) is 0.653. The highest BCUT2D eigenvalue weighted by Gasteiger charge is 2.43. The maximum atomic E-state index is 12.5. The van der Waals surface area contributed by atoms with Crippen molar-refractivity contribution in [2.45, 2.75) is 32.2 Å². The first-order chi connectivity index (χ1) is 14.4. The van der Waals surface area contributed by atoms with Gasteiger partial charge in [-0.1, -0.05) is 6.07 Å². The van der Waals surface area contributed by atoms with Crippen molar-refractivity contribution < 1.29 is 19.4 Å². The molecule has 2 aliphatic rings. The normalized spacial score (nSPS) is 17.5. The Hall–Kier alpha value is -2.29. The van der Waals surface area contributed by atoms with Crippen molar-refractivity contribution in [1.29, 1.82) is 0 Å². The number of carboxylic acids is 1. The van der Waals surface area contributed by atoms with E-state index in [1.807, 2.05) is 12.1 Å². The first-order valence-corrected chi connectivity index (χ1v) is 10.4. The van der Waals surface area contributed by atoms with E-state index in [4.69, 9.17) is 4.74 Å².